The van der Waals surface area contributed by atoms with Crippen LogP contribution in [0.1, 0.15) is 17.0 Å². The molecule has 0 bridgehead atoms. The molecule has 2 heterocycles. The molecule has 1 atom stereocenters. The first-order valence-corrected chi connectivity index (χ1v) is 8.60. The summed E-state index contributed by atoms with van der Waals surface area (Å²) in [6.07, 6.45) is 0. The number of ether oxygens (including phenoxy) is 3. The number of rotatable bonds is 4. The van der Waals surface area contributed by atoms with E-state index in [0.29, 0.717) is 23.0 Å². The fourth-order valence-corrected chi connectivity index (χ4v) is 3.40. The number of hydrogen-bond acceptors (Lipinski definition) is 6. The third-order valence-electron chi connectivity index (χ3n) is 4.72. The molecule has 0 spiro atoms. The van der Waals surface area contributed by atoms with Crippen LogP contribution in [0, 0.1) is 11.3 Å². The predicted octanol–water partition coefficient (Wildman–Crippen LogP) is 3.31. The van der Waals surface area contributed by atoms with Gasteiger partial charge in [0.2, 0.25) is 11.8 Å². The van der Waals surface area contributed by atoms with Crippen LogP contribution in [0.5, 0.6) is 17.4 Å². The Hall–Kier alpha value is -3.92. The van der Waals surface area contributed by atoms with Crippen molar-refractivity contribution in [2.45, 2.75) is 5.92 Å². The third-order valence-corrected chi connectivity index (χ3v) is 4.72. The SMILES string of the molecule is COc1cccc(-c2[nH]nc3c2C(c2cccc(OC)c2)C(C#N)=C(N)O3)c1. The molecule has 3 N–H and O–H groups in total. The Morgan fingerprint density at radius 3 is 2.54 bits per heavy atom. The van der Waals surface area contributed by atoms with E-state index >= 15 is 0 Å². The molecule has 0 amide bonds. The summed E-state index contributed by atoms with van der Waals surface area (Å²) in [6.45, 7) is 0. The lowest BCUT2D eigenvalue weighted by Crippen LogP contribution is -2.21. The first kappa shape index (κ1) is 17.5. The van der Waals surface area contributed by atoms with Crippen molar-refractivity contribution in [2.24, 2.45) is 5.73 Å². The standard InChI is InChI=1S/C21H18N4O3/c1-26-14-7-3-5-12(9-14)17-16(11-22)20(23)28-21-18(17)19(24-25-21)13-6-4-8-15(10-13)27-2/h3-10,17H,23H2,1-2H3,(H,24,25). The number of aromatic amines is 1. The summed E-state index contributed by atoms with van der Waals surface area (Å²) in [4.78, 5) is 0. The average molecular weight is 374 g/mol. The first-order valence-electron chi connectivity index (χ1n) is 8.60. The number of hydrogen-bond donors (Lipinski definition) is 2. The lowest BCUT2D eigenvalue weighted by atomic mass is 9.83. The van der Waals surface area contributed by atoms with E-state index < -0.39 is 5.92 Å². The zero-order valence-electron chi connectivity index (χ0n) is 15.4. The van der Waals surface area contributed by atoms with Crippen LogP contribution in [0.3, 0.4) is 0 Å². The average Bonchev–Trinajstić information content (AvgIpc) is 3.16. The van der Waals surface area contributed by atoms with Gasteiger partial charge < -0.3 is 19.9 Å². The van der Waals surface area contributed by atoms with Crippen molar-refractivity contribution < 1.29 is 14.2 Å². The number of H-pyrrole nitrogens is 1. The van der Waals surface area contributed by atoms with Gasteiger partial charge in [0, 0.05) is 5.56 Å². The van der Waals surface area contributed by atoms with Crippen molar-refractivity contribution in [3.8, 4) is 34.7 Å². The van der Waals surface area contributed by atoms with Gasteiger partial charge >= 0.3 is 0 Å². The second-order valence-corrected chi connectivity index (χ2v) is 6.25. The second kappa shape index (κ2) is 7.00. The van der Waals surface area contributed by atoms with Crippen molar-refractivity contribution in [1.29, 1.82) is 5.26 Å². The summed E-state index contributed by atoms with van der Waals surface area (Å²) in [5.74, 6) is 1.36. The molecule has 1 aliphatic heterocycles. The monoisotopic (exact) mass is 374 g/mol. The molecule has 2 aromatic carbocycles. The lowest BCUT2D eigenvalue weighted by molar-refractivity contribution is 0.378. The van der Waals surface area contributed by atoms with E-state index in [1.165, 1.54) is 0 Å². The highest BCUT2D eigenvalue weighted by Gasteiger charge is 2.35. The normalized spacial score (nSPS) is 15.4. The summed E-state index contributed by atoms with van der Waals surface area (Å²) in [6, 6.07) is 17.3. The van der Waals surface area contributed by atoms with Crippen LogP contribution in [-0.4, -0.2) is 24.4 Å². The van der Waals surface area contributed by atoms with Gasteiger partial charge in [-0.25, -0.2) is 0 Å². The predicted molar refractivity (Wildman–Crippen MR) is 103 cm³/mol. The topological polar surface area (TPSA) is 106 Å². The zero-order chi connectivity index (χ0) is 19.7. The molecule has 28 heavy (non-hydrogen) atoms. The maximum Gasteiger partial charge on any atom is 0.244 e. The van der Waals surface area contributed by atoms with Crippen molar-refractivity contribution >= 4 is 0 Å². The van der Waals surface area contributed by atoms with Crippen molar-refractivity contribution in [1.82, 2.24) is 10.2 Å². The van der Waals surface area contributed by atoms with Gasteiger partial charge in [-0.1, -0.05) is 24.3 Å². The molecular weight excluding hydrogens is 356 g/mol. The van der Waals surface area contributed by atoms with Crippen LogP contribution in [0.15, 0.2) is 60.0 Å². The van der Waals surface area contributed by atoms with Crippen molar-refractivity contribution in [2.75, 3.05) is 14.2 Å². The Bertz CT molecular complexity index is 1110. The van der Waals surface area contributed by atoms with E-state index in [-0.39, 0.29) is 5.88 Å². The van der Waals surface area contributed by atoms with E-state index in [1.54, 1.807) is 14.2 Å². The van der Waals surface area contributed by atoms with Crippen LogP contribution in [0.25, 0.3) is 11.3 Å². The van der Waals surface area contributed by atoms with Crippen LogP contribution >= 0.6 is 0 Å². The Morgan fingerprint density at radius 2 is 1.82 bits per heavy atom. The molecule has 140 valence electrons. The lowest BCUT2D eigenvalue weighted by Gasteiger charge is -2.24. The number of nitrogens with zero attached hydrogens (tertiary/aromatic N) is 2. The van der Waals surface area contributed by atoms with Crippen molar-refractivity contribution in [3.63, 3.8) is 0 Å². The van der Waals surface area contributed by atoms with E-state index in [9.17, 15) is 5.26 Å². The Kier molecular flexibility index (Phi) is 4.38. The largest absolute Gasteiger partial charge is 0.497 e. The summed E-state index contributed by atoms with van der Waals surface area (Å²) in [5, 5.41) is 17.1. The van der Waals surface area contributed by atoms with Gasteiger partial charge in [-0.3, -0.25) is 5.10 Å². The van der Waals surface area contributed by atoms with Crippen LogP contribution in [-0.2, 0) is 0 Å². The summed E-state index contributed by atoms with van der Waals surface area (Å²) < 4.78 is 16.3. The molecule has 0 saturated carbocycles. The minimum Gasteiger partial charge on any atom is -0.497 e. The number of aromatic nitrogens is 2. The molecule has 4 rings (SSSR count). The molecule has 0 fully saturated rings. The number of nitriles is 1. The summed E-state index contributed by atoms with van der Waals surface area (Å²) in [5.41, 5.74) is 9.55. The minimum atomic E-state index is -0.441. The molecule has 1 aromatic heterocycles. The van der Waals surface area contributed by atoms with Crippen LogP contribution in [0.4, 0.5) is 0 Å². The van der Waals surface area contributed by atoms with E-state index in [2.05, 4.69) is 16.3 Å². The second-order valence-electron chi connectivity index (χ2n) is 6.25. The quantitative estimate of drug-likeness (QED) is 0.726. The Morgan fingerprint density at radius 1 is 1.11 bits per heavy atom. The molecule has 0 radical (unpaired) electrons. The van der Waals surface area contributed by atoms with E-state index in [0.717, 1.165) is 22.4 Å². The highest BCUT2D eigenvalue weighted by Crippen LogP contribution is 2.46. The maximum atomic E-state index is 9.78. The number of methoxy groups -OCH3 is 2. The maximum absolute atomic E-state index is 9.78. The fraction of sp³-hybridized carbons (Fsp3) is 0.143. The van der Waals surface area contributed by atoms with Gasteiger partial charge in [0.25, 0.3) is 0 Å². The number of fused-ring (bicyclic) bond motifs is 1. The van der Waals surface area contributed by atoms with Gasteiger partial charge in [0.1, 0.15) is 23.1 Å². The van der Waals surface area contributed by atoms with Gasteiger partial charge in [-0.2, -0.15) is 5.26 Å². The summed E-state index contributed by atoms with van der Waals surface area (Å²) in [7, 11) is 3.21. The van der Waals surface area contributed by atoms with E-state index in [1.807, 2.05) is 48.5 Å². The molecule has 1 aliphatic rings. The fourth-order valence-electron chi connectivity index (χ4n) is 3.40. The molecule has 3 aromatic rings. The van der Waals surface area contributed by atoms with E-state index in [4.69, 9.17) is 19.9 Å². The smallest absolute Gasteiger partial charge is 0.244 e. The van der Waals surface area contributed by atoms with Gasteiger partial charge in [0.15, 0.2) is 0 Å². The third kappa shape index (κ3) is 2.81. The molecule has 7 heteroatoms. The zero-order valence-corrected chi connectivity index (χ0v) is 15.4. The molecule has 0 aliphatic carbocycles. The first-order chi connectivity index (χ1) is 13.7. The molecule has 7 nitrogen and oxygen atoms in total. The number of nitrogens with one attached hydrogen (secondary N) is 1. The Labute approximate surface area is 162 Å². The number of allylic oxidation sites excluding steroid dienone is 1. The molecular formula is C21H18N4O3. The highest BCUT2D eigenvalue weighted by atomic mass is 16.5. The van der Waals surface area contributed by atoms with Crippen LogP contribution in [0.2, 0.25) is 0 Å². The molecule has 1 unspecified atom stereocenters. The van der Waals surface area contributed by atoms with Gasteiger partial charge in [0.05, 0.1) is 31.4 Å². The molecule has 0 saturated heterocycles. The van der Waals surface area contributed by atoms with Gasteiger partial charge in [-0.05, 0) is 29.8 Å². The number of nitrogens with two attached hydrogens (primary N) is 1. The minimum absolute atomic E-state index is 0.0477. The number of benzene rings is 2. The Balaban J connectivity index is 1.94. The van der Waals surface area contributed by atoms with Crippen LogP contribution < -0.4 is 19.9 Å². The van der Waals surface area contributed by atoms with Crippen molar-refractivity contribution in [3.05, 3.63) is 71.1 Å². The van der Waals surface area contributed by atoms with Gasteiger partial charge in [-0.15, -0.1) is 5.10 Å². The highest BCUT2D eigenvalue weighted by molar-refractivity contribution is 5.71. The summed E-state index contributed by atoms with van der Waals surface area (Å²) >= 11 is 0.